The standard InChI is InChI=1S/C36H53NO12/c1-16(11-10-12-17(2)35(45)47-9)28(39)19(4)30(41)20(5)29(40)18(3)24(46-8)13-14-48-36(7)34(44)27-25-23(38)15-22(37)32(43)26(25)31(42)21(6)33(27)49-36/h15-20,24,28-30,39-42H,10-14,37H2,1-9H3. The van der Waals surface area contributed by atoms with Crippen LogP contribution in [0.1, 0.15) is 104 Å². The number of carbonyl (C=O) groups is 4. The summed E-state index contributed by atoms with van der Waals surface area (Å²) in [6, 6.07) is 0. The van der Waals surface area contributed by atoms with Crippen molar-refractivity contribution in [1.29, 1.82) is 0 Å². The van der Waals surface area contributed by atoms with Gasteiger partial charge in [0.25, 0.3) is 5.79 Å². The van der Waals surface area contributed by atoms with Crippen LogP contribution in [-0.2, 0) is 19.0 Å². The Balaban J connectivity index is 1.62. The summed E-state index contributed by atoms with van der Waals surface area (Å²) in [7, 11) is 2.82. The smallest absolute Gasteiger partial charge is 0.308 e. The summed E-state index contributed by atoms with van der Waals surface area (Å²) in [4.78, 5) is 50.9. The van der Waals surface area contributed by atoms with Gasteiger partial charge in [0, 0.05) is 43.4 Å². The van der Waals surface area contributed by atoms with Crippen molar-refractivity contribution in [2.24, 2.45) is 35.3 Å². The van der Waals surface area contributed by atoms with E-state index in [1.165, 1.54) is 28.1 Å². The molecule has 0 spiro atoms. The topological polar surface area (TPSA) is 212 Å². The number of benzene rings is 1. The Hall–Kier alpha value is -3.36. The quantitative estimate of drug-likeness (QED) is 0.149. The number of nitrogens with two attached hydrogens (primary N) is 1. The Bertz CT molecular complexity index is 1460. The van der Waals surface area contributed by atoms with Gasteiger partial charge in [0.2, 0.25) is 11.6 Å². The molecule has 0 aromatic heterocycles. The third-order valence-electron chi connectivity index (χ3n) is 10.5. The molecule has 13 heteroatoms. The zero-order chi connectivity index (χ0) is 37.1. The first-order valence-corrected chi connectivity index (χ1v) is 16.8. The number of ether oxygens (including phenoxy) is 4. The monoisotopic (exact) mass is 691 g/mol. The average molecular weight is 692 g/mol. The second-order valence-electron chi connectivity index (χ2n) is 13.9. The molecule has 0 fully saturated rings. The van der Waals surface area contributed by atoms with Crippen molar-refractivity contribution < 1.29 is 58.6 Å². The lowest BCUT2D eigenvalue weighted by molar-refractivity contribution is -0.145. The van der Waals surface area contributed by atoms with Crippen LogP contribution in [0.2, 0.25) is 0 Å². The van der Waals surface area contributed by atoms with Gasteiger partial charge < -0.3 is 45.1 Å². The maximum Gasteiger partial charge on any atom is 0.308 e. The number of methoxy groups -OCH3 is 2. The molecule has 1 aromatic rings. The summed E-state index contributed by atoms with van der Waals surface area (Å²) < 4.78 is 22.3. The molecule has 10 unspecified atom stereocenters. The number of aliphatic hydroxyl groups excluding tert-OH is 3. The molecule has 1 aromatic carbocycles. The van der Waals surface area contributed by atoms with E-state index in [2.05, 4.69) is 0 Å². The second kappa shape index (κ2) is 16.1. The molecule has 0 amide bonds. The van der Waals surface area contributed by atoms with Gasteiger partial charge in [-0.05, 0) is 32.1 Å². The normalized spacial score (nSPS) is 22.9. The van der Waals surface area contributed by atoms with Crippen LogP contribution in [0.5, 0.6) is 11.5 Å². The van der Waals surface area contributed by atoms with E-state index in [4.69, 9.17) is 24.7 Å². The highest BCUT2D eigenvalue weighted by molar-refractivity contribution is 6.30. The number of ketones is 3. The van der Waals surface area contributed by atoms with Gasteiger partial charge in [-0.2, -0.15) is 0 Å². The fraction of sp³-hybridized carbons (Fsp3) is 0.667. The zero-order valence-corrected chi connectivity index (χ0v) is 29.9. The predicted molar refractivity (Wildman–Crippen MR) is 178 cm³/mol. The molecule has 49 heavy (non-hydrogen) atoms. The largest absolute Gasteiger partial charge is 0.507 e. The van der Waals surface area contributed by atoms with E-state index in [1.807, 2.05) is 6.92 Å². The van der Waals surface area contributed by atoms with Crippen molar-refractivity contribution in [1.82, 2.24) is 0 Å². The Morgan fingerprint density at radius 2 is 1.49 bits per heavy atom. The number of phenols is 1. The molecule has 1 aliphatic heterocycles. The first kappa shape index (κ1) is 40.1. The van der Waals surface area contributed by atoms with E-state index in [0.717, 1.165) is 6.08 Å². The van der Waals surface area contributed by atoms with Crippen LogP contribution in [0.15, 0.2) is 11.8 Å². The number of phenolic OH excluding ortho intramolecular Hbond substituents is 1. The van der Waals surface area contributed by atoms with Crippen molar-refractivity contribution in [3.05, 3.63) is 34.0 Å². The minimum absolute atomic E-state index is 0.0601. The number of carbonyl (C=O) groups excluding carboxylic acids is 4. The van der Waals surface area contributed by atoms with Crippen LogP contribution in [-0.4, -0.2) is 94.8 Å². The second-order valence-corrected chi connectivity index (χ2v) is 13.9. The number of esters is 1. The van der Waals surface area contributed by atoms with E-state index in [1.54, 1.807) is 27.7 Å². The lowest BCUT2D eigenvalue weighted by Crippen LogP contribution is -2.45. The number of aliphatic hydroxyl groups is 3. The maximum atomic E-state index is 13.6. The van der Waals surface area contributed by atoms with Gasteiger partial charge in [0.1, 0.15) is 11.5 Å². The fourth-order valence-electron chi connectivity index (χ4n) is 6.94. The third-order valence-corrected chi connectivity index (χ3v) is 10.5. The van der Waals surface area contributed by atoms with Gasteiger partial charge in [-0.1, -0.05) is 41.0 Å². The van der Waals surface area contributed by atoms with Crippen LogP contribution in [0.3, 0.4) is 0 Å². The number of Topliss-reactive ketones (excluding diaryl/α,β-unsaturated/α-hetero) is 2. The van der Waals surface area contributed by atoms with Crippen molar-refractivity contribution >= 4 is 23.3 Å². The van der Waals surface area contributed by atoms with Crippen molar-refractivity contribution in [3.8, 4) is 11.5 Å². The van der Waals surface area contributed by atoms with E-state index in [-0.39, 0.29) is 64.5 Å². The number of fused-ring (bicyclic) bond motifs is 3. The van der Waals surface area contributed by atoms with Gasteiger partial charge >= 0.3 is 5.97 Å². The van der Waals surface area contributed by atoms with E-state index >= 15 is 0 Å². The van der Waals surface area contributed by atoms with E-state index in [9.17, 15) is 39.6 Å². The Morgan fingerprint density at radius 1 is 0.898 bits per heavy atom. The average Bonchev–Trinajstić information content (AvgIpc) is 3.34. The molecule has 6 N–H and O–H groups in total. The number of hydrogen-bond donors (Lipinski definition) is 5. The lowest BCUT2D eigenvalue weighted by Gasteiger charge is -2.37. The molecular weight excluding hydrogens is 638 g/mol. The third kappa shape index (κ3) is 8.01. The Morgan fingerprint density at radius 3 is 2.08 bits per heavy atom. The molecule has 10 atom stereocenters. The van der Waals surface area contributed by atoms with Gasteiger partial charge in [-0.25, -0.2) is 0 Å². The van der Waals surface area contributed by atoms with Crippen LogP contribution < -0.4 is 10.5 Å². The summed E-state index contributed by atoms with van der Waals surface area (Å²) in [5.41, 5.74) is 4.63. The summed E-state index contributed by atoms with van der Waals surface area (Å²) in [6.07, 6.45) is -0.380. The van der Waals surface area contributed by atoms with E-state index < -0.39 is 71.1 Å². The minimum atomic E-state index is -1.88. The molecule has 3 rings (SSSR count). The summed E-state index contributed by atoms with van der Waals surface area (Å²) in [6.45, 7) is 11.7. The molecule has 1 aliphatic carbocycles. The number of allylic oxidation sites excluding steroid dienone is 2. The van der Waals surface area contributed by atoms with Gasteiger partial charge in [-0.3, -0.25) is 19.2 Å². The van der Waals surface area contributed by atoms with Crippen LogP contribution in [0.4, 0.5) is 0 Å². The van der Waals surface area contributed by atoms with E-state index in [0.29, 0.717) is 19.3 Å². The molecule has 0 saturated heterocycles. The summed E-state index contributed by atoms with van der Waals surface area (Å²) >= 11 is 0. The van der Waals surface area contributed by atoms with Gasteiger partial charge in [-0.15, -0.1) is 0 Å². The van der Waals surface area contributed by atoms with Crippen LogP contribution in [0, 0.1) is 36.5 Å². The molecule has 0 bridgehead atoms. The van der Waals surface area contributed by atoms with Crippen molar-refractivity contribution in [2.45, 2.75) is 104 Å². The first-order chi connectivity index (χ1) is 22.8. The SMILES string of the molecule is COC(=O)C(C)CCCC(C)C(O)C(C)C(O)C(C)C(O)C(C)C(CCOC1(C)Oc2c(C)c(O)c3c(c2C1=O)C(=O)C=C(N)C3=O)OC. The Kier molecular flexibility index (Phi) is 13.2. The van der Waals surface area contributed by atoms with Crippen molar-refractivity contribution in [2.75, 3.05) is 20.8 Å². The van der Waals surface area contributed by atoms with Gasteiger partial charge in [0.05, 0.1) is 66.4 Å². The summed E-state index contributed by atoms with van der Waals surface area (Å²) in [5, 5.41) is 44.2. The highest BCUT2D eigenvalue weighted by atomic mass is 16.7. The first-order valence-electron chi connectivity index (χ1n) is 16.8. The van der Waals surface area contributed by atoms with Gasteiger partial charge in [0.15, 0.2) is 5.78 Å². The molecular formula is C36H53NO12. The van der Waals surface area contributed by atoms with Crippen molar-refractivity contribution in [3.63, 3.8) is 0 Å². The lowest BCUT2D eigenvalue weighted by atomic mass is 9.77. The Labute approximate surface area is 287 Å². The molecule has 274 valence electrons. The molecule has 0 radical (unpaired) electrons. The number of rotatable bonds is 17. The minimum Gasteiger partial charge on any atom is -0.507 e. The number of aromatic hydroxyl groups is 1. The molecule has 0 saturated carbocycles. The molecule has 2 aliphatic rings. The maximum absolute atomic E-state index is 13.6. The van der Waals surface area contributed by atoms with Crippen LogP contribution in [0.25, 0.3) is 0 Å². The summed E-state index contributed by atoms with van der Waals surface area (Å²) in [5.74, 6) is -6.97. The highest BCUT2D eigenvalue weighted by Gasteiger charge is 2.51. The molecule has 1 heterocycles. The fourth-order valence-corrected chi connectivity index (χ4v) is 6.94. The predicted octanol–water partition coefficient (Wildman–Crippen LogP) is 3.24. The number of hydrogen-bond acceptors (Lipinski definition) is 13. The van der Waals surface area contributed by atoms with Crippen LogP contribution >= 0.6 is 0 Å². The zero-order valence-electron chi connectivity index (χ0n) is 29.9. The highest BCUT2D eigenvalue weighted by Crippen LogP contribution is 2.47. The molecule has 13 nitrogen and oxygen atoms in total.